The highest BCUT2D eigenvalue weighted by atomic mass is 35.5. The molecule has 1 atom stereocenters. The van der Waals surface area contributed by atoms with Crippen LogP contribution in [0.25, 0.3) is 16.6 Å². The molecule has 4 aromatic rings. The minimum atomic E-state index is -1.24. The van der Waals surface area contributed by atoms with E-state index in [4.69, 9.17) is 16.3 Å². The van der Waals surface area contributed by atoms with E-state index < -0.39 is 17.2 Å². The maximum atomic E-state index is 13.2. The maximum absolute atomic E-state index is 13.2. The van der Waals surface area contributed by atoms with Crippen LogP contribution < -0.4 is 16.0 Å². The molecule has 2 N–H and O–H groups in total. The van der Waals surface area contributed by atoms with Crippen molar-refractivity contribution < 1.29 is 14.6 Å². The fraction of sp³-hybridized carbons (Fsp3) is 0.208. The van der Waals surface area contributed by atoms with E-state index in [9.17, 15) is 19.5 Å². The van der Waals surface area contributed by atoms with Crippen LogP contribution in [0.5, 0.6) is 5.75 Å². The van der Waals surface area contributed by atoms with Gasteiger partial charge < -0.3 is 14.8 Å². The van der Waals surface area contributed by atoms with E-state index in [1.807, 2.05) is 12.1 Å². The highest BCUT2D eigenvalue weighted by molar-refractivity contribution is 7.13. The Balaban J connectivity index is 1.60. The van der Waals surface area contributed by atoms with Gasteiger partial charge in [0.15, 0.2) is 0 Å². The van der Waals surface area contributed by atoms with E-state index in [0.29, 0.717) is 5.75 Å². The van der Waals surface area contributed by atoms with Crippen LogP contribution in [0.3, 0.4) is 0 Å². The summed E-state index contributed by atoms with van der Waals surface area (Å²) in [7, 11) is 0. The van der Waals surface area contributed by atoms with Crippen molar-refractivity contribution in [1.82, 2.24) is 9.55 Å². The van der Waals surface area contributed by atoms with Gasteiger partial charge in [0, 0.05) is 11.4 Å². The van der Waals surface area contributed by atoms with Gasteiger partial charge in [0.25, 0.3) is 5.56 Å². The number of aromatic amines is 1. The number of H-pyrrole nitrogens is 1. The molecule has 2 aromatic heterocycles. The standard InChI is InChI=1S/C24H19ClN2O5S/c25-16-10-9-14(32-19-8-4-2-6-13-5-1-3-7-15(13)19)11-18(16)27-22(28)20-17(26-24(27)31)12-33-21(20)23(29)30/h1,3,5,7,9-12,19H,2,4,6,8H2,(H,26,31)(H,29,30). The first kappa shape index (κ1) is 21.5. The van der Waals surface area contributed by atoms with Crippen molar-refractivity contribution in [1.29, 1.82) is 0 Å². The fourth-order valence-corrected chi connectivity index (χ4v) is 5.34. The van der Waals surface area contributed by atoms with Gasteiger partial charge >= 0.3 is 11.7 Å². The first-order valence-electron chi connectivity index (χ1n) is 10.5. The molecule has 0 saturated heterocycles. The number of carboxylic acids is 1. The average Bonchev–Trinajstić information content (AvgIpc) is 3.12. The fourth-order valence-electron chi connectivity index (χ4n) is 4.31. The zero-order chi connectivity index (χ0) is 23.1. The van der Waals surface area contributed by atoms with Crippen molar-refractivity contribution in [2.75, 3.05) is 0 Å². The number of carboxylic acid groups (broad SMARTS) is 1. The molecule has 0 amide bonds. The van der Waals surface area contributed by atoms with Gasteiger partial charge in [-0.15, -0.1) is 11.3 Å². The largest absolute Gasteiger partial charge is 0.486 e. The van der Waals surface area contributed by atoms with Crippen molar-refractivity contribution in [3.8, 4) is 11.4 Å². The Bertz CT molecular complexity index is 1500. The second-order valence-corrected chi connectivity index (χ2v) is 9.18. The molecule has 2 heterocycles. The van der Waals surface area contributed by atoms with Crippen molar-refractivity contribution >= 4 is 39.8 Å². The van der Waals surface area contributed by atoms with E-state index in [1.54, 1.807) is 18.2 Å². The Hall–Kier alpha value is -3.36. The van der Waals surface area contributed by atoms with Crippen LogP contribution in [0.4, 0.5) is 0 Å². The normalized spacial score (nSPS) is 15.7. The second-order valence-electron chi connectivity index (χ2n) is 7.89. The lowest BCUT2D eigenvalue weighted by Gasteiger charge is -2.20. The van der Waals surface area contributed by atoms with Gasteiger partial charge in [-0.1, -0.05) is 35.9 Å². The number of thiophene rings is 1. The van der Waals surface area contributed by atoms with Crippen molar-refractivity contribution in [2.24, 2.45) is 0 Å². The van der Waals surface area contributed by atoms with Crippen LogP contribution in [-0.4, -0.2) is 20.6 Å². The number of nitrogens with one attached hydrogen (secondary N) is 1. The Kier molecular flexibility index (Phi) is 5.55. The van der Waals surface area contributed by atoms with Gasteiger partial charge in [0.1, 0.15) is 16.7 Å². The molecule has 5 rings (SSSR count). The lowest BCUT2D eigenvalue weighted by molar-refractivity contribution is 0.0704. The van der Waals surface area contributed by atoms with Gasteiger partial charge in [-0.2, -0.15) is 0 Å². The number of benzene rings is 2. The van der Waals surface area contributed by atoms with Crippen LogP contribution in [0.1, 0.15) is 46.2 Å². The third kappa shape index (κ3) is 3.85. The molecule has 1 aliphatic carbocycles. The highest BCUT2D eigenvalue weighted by Gasteiger charge is 2.22. The van der Waals surface area contributed by atoms with Gasteiger partial charge in [-0.25, -0.2) is 14.2 Å². The minimum Gasteiger partial charge on any atom is -0.486 e. The lowest BCUT2D eigenvalue weighted by Crippen LogP contribution is -2.34. The summed E-state index contributed by atoms with van der Waals surface area (Å²) in [5.41, 5.74) is 1.25. The Morgan fingerprint density at radius 2 is 2.00 bits per heavy atom. The summed E-state index contributed by atoms with van der Waals surface area (Å²) in [4.78, 5) is 39.9. The van der Waals surface area contributed by atoms with Crippen LogP contribution >= 0.6 is 22.9 Å². The summed E-state index contributed by atoms with van der Waals surface area (Å²) >= 11 is 7.25. The number of hydrogen-bond donors (Lipinski definition) is 2. The zero-order valence-electron chi connectivity index (χ0n) is 17.3. The zero-order valence-corrected chi connectivity index (χ0v) is 18.9. The quantitative estimate of drug-likeness (QED) is 0.401. The Morgan fingerprint density at radius 1 is 1.18 bits per heavy atom. The number of halogens is 1. The first-order chi connectivity index (χ1) is 15.9. The number of ether oxygens (including phenoxy) is 1. The van der Waals surface area contributed by atoms with E-state index >= 15 is 0 Å². The summed E-state index contributed by atoms with van der Waals surface area (Å²) in [5, 5.41) is 11.0. The van der Waals surface area contributed by atoms with Crippen LogP contribution in [-0.2, 0) is 6.42 Å². The van der Waals surface area contributed by atoms with Gasteiger partial charge in [-0.3, -0.25) is 4.79 Å². The highest BCUT2D eigenvalue weighted by Crippen LogP contribution is 2.34. The third-order valence-corrected chi connectivity index (χ3v) is 7.14. The predicted octanol–water partition coefficient (Wildman–Crippen LogP) is 4.94. The van der Waals surface area contributed by atoms with E-state index in [1.165, 1.54) is 10.9 Å². The Morgan fingerprint density at radius 3 is 2.82 bits per heavy atom. The van der Waals surface area contributed by atoms with Crippen molar-refractivity contribution in [3.63, 3.8) is 0 Å². The van der Waals surface area contributed by atoms with Crippen LogP contribution in [0.15, 0.2) is 57.4 Å². The summed E-state index contributed by atoms with van der Waals surface area (Å²) in [6.07, 6.45) is 3.79. The number of rotatable bonds is 4. The van der Waals surface area contributed by atoms with Crippen LogP contribution in [0.2, 0.25) is 5.02 Å². The molecular formula is C24H19ClN2O5S. The molecule has 9 heteroatoms. The van der Waals surface area contributed by atoms with Crippen LogP contribution in [0, 0.1) is 0 Å². The molecule has 0 aliphatic heterocycles. The number of carbonyl (C=O) groups is 1. The van der Waals surface area contributed by atoms with Gasteiger partial charge in [-0.05, 0) is 48.9 Å². The first-order valence-corrected chi connectivity index (χ1v) is 11.7. The predicted molar refractivity (Wildman–Crippen MR) is 127 cm³/mol. The topological polar surface area (TPSA) is 101 Å². The summed E-state index contributed by atoms with van der Waals surface area (Å²) in [6.45, 7) is 0. The average molecular weight is 483 g/mol. The summed E-state index contributed by atoms with van der Waals surface area (Å²) in [5.74, 6) is -0.771. The summed E-state index contributed by atoms with van der Waals surface area (Å²) in [6, 6.07) is 13.0. The Labute approximate surface area is 196 Å². The molecule has 7 nitrogen and oxygen atoms in total. The lowest BCUT2D eigenvalue weighted by atomic mass is 10.0. The van der Waals surface area contributed by atoms with E-state index in [0.717, 1.165) is 47.2 Å². The monoisotopic (exact) mass is 482 g/mol. The molecule has 0 saturated carbocycles. The van der Waals surface area contributed by atoms with E-state index in [-0.39, 0.29) is 32.6 Å². The third-order valence-electron chi connectivity index (χ3n) is 5.85. The van der Waals surface area contributed by atoms with Gasteiger partial charge in [0.2, 0.25) is 0 Å². The van der Waals surface area contributed by atoms with E-state index in [2.05, 4.69) is 17.1 Å². The number of aryl methyl sites for hydroxylation is 1. The SMILES string of the molecule is O=C(O)c1scc2[nH]c(=O)n(-c3cc(OC4CCCCc5ccccc54)ccc3Cl)c(=O)c12. The number of nitrogens with zero attached hydrogens (tertiary/aromatic N) is 1. The smallest absolute Gasteiger partial charge is 0.346 e. The molecular weight excluding hydrogens is 464 g/mol. The van der Waals surface area contributed by atoms with Crippen molar-refractivity contribution in [3.05, 3.63) is 89.7 Å². The number of hydrogen-bond acceptors (Lipinski definition) is 5. The molecule has 33 heavy (non-hydrogen) atoms. The number of fused-ring (bicyclic) bond motifs is 2. The maximum Gasteiger partial charge on any atom is 0.346 e. The summed E-state index contributed by atoms with van der Waals surface area (Å²) < 4.78 is 7.17. The molecule has 2 aromatic carbocycles. The second kappa shape index (κ2) is 8.53. The molecule has 1 unspecified atom stereocenters. The molecule has 0 fully saturated rings. The van der Waals surface area contributed by atoms with Gasteiger partial charge in [0.05, 0.1) is 21.6 Å². The molecule has 1 aliphatic rings. The van der Waals surface area contributed by atoms with Crippen molar-refractivity contribution in [2.45, 2.75) is 31.8 Å². The number of aromatic carboxylic acids is 1. The molecule has 0 bridgehead atoms. The number of aromatic nitrogens is 2. The molecule has 0 radical (unpaired) electrons. The molecule has 168 valence electrons. The minimum absolute atomic E-state index is 0.0628. The molecule has 0 spiro atoms.